The summed E-state index contributed by atoms with van der Waals surface area (Å²) in [6, 6.07) is -0.851. The second kappa shape index (κ2) is 5.52. The smallest absolute Gasteiger partial charge is 0.408 e. The molecule has 2 N–H and O–H groups in total. The Hall–Kier alpha value is -1.47. The number of alkyl carbamates (subject to hydrolysis) is 1. The van der Waals surface area contributed by atoms with Crippen LogP contribution >= 0.6 is 0 Å². The normalized spacial score (nSPS) is 30.0. The van der Waals surface area contributed by atoms with Gasteiger partial charge in [0.25, 0.3) is 0 Å². The Balaban J connectivity index is 1.92. The zero-order chi connectivity index (χ0) is 18.6. The van der Waals surface area contributed by atoms with Crippen LogP contribution in [-0.2, 0) is 9.53 Å². The Labute approximate surface area is 139 Å². The molecule has 5 nitrogen and oxygen atoms in total. The highest BCUT2D eigenvalue weighted by atomic mass is 19.4. The number of hydrogen-bond donors (Lipinski definition) is 2. The summed E-state index contributed by atoms with van der Waals surface area (Å²) in [5.41, 5.74) is -3.09. The van der Waals surface area contributed by atoms with Gasteiger partial charge in [0.05, 0.1) is 5.41 Å². The first-order valence-electron chi connectivity index (χ1n) is 8.07. The number of carbonyl (C=O) groups excluding carboxylic acids is 2. The quantitative estimate of drug-likeness (QED) is 0.818. The molecule has 0 unspecified atom stereocenters. The minimum Gasteiger partial charge on any atom is -0.444 e. The van der Waals surface area contributed by atoms with Gasteiger partial charge in [0.2, 0.25) is 5.91 Å². The monoisotopic (exact) mass is 350 g/mol. The van der Waals surface area contributed by atoms with E-state index in [1.165, 1.54) is 0 Å². The molecule has 0 aromatic heterocycles. The molecule has 138 valence electrons. The molecule has 1 atom stereocenters. The van der Waals surface area contributed by atoms with Gasteiger partial charge in [-0.15, -0.1) is 0 Å². The van der Waals surface area contributed by atoms with Gasteiger partial charge < -0.3 is 15.4 Å². The molecular formula is C16H25F3N2O3. The highest BCUT2D eigenvalue weighted by molar-refractivity contribution is 5.87. The zero-order valence-electron chi connectivity index (χ0n) is 14.6. The SMILES string of the molecule is CC(C)[C@H](NC(=O)OC(C)(C)C)C(=O)NC12CC(C(F)(F)F)(C1)C2. The number of rotatable bonds is 4. The molecule has 2 bridgehead atoms. The maximum atomic E-state index is 12.9. The third-order valence-corrected chi connectivity index (χ3v) is 4.64. The number of carbonyl (C=O) groups is 2. The summed E-state index contributed by atoms with van der Waals surface area (Å²) in [7, 11) is 0. The number of halogens is 3. The van der Waals surface area contributed by atoms with Crippen LogP contribution in [0.15, 0.2) is 0 Å². The van der Waals surface area contributed by atoms with Crippen molar-refractivity contribution in [2.45, 2.75) is 77.2 Å². The average Bonchev–Trinajstić information content (AvgIpc) is 2.23. The van der Waals surface area contributed by atoms with Gasteiger partial charge in [-0.3, -0.25) is 4.79 Å². The molecule has 3 saturated carbocycles. The molecule has 0 aromatic carbocycles. The van der Waals surface area contributed by atoms with E-state index in [0.29, 0.717) is 0 Å². The molecule has 24 heavy (non-hydrogen) atoms. The minimum atomic E-state index is -4.22. The van der Waals surface area contributed by atoms with Crippen LogP contribution in [0.5, 0.6) is 0 Å². The first kappa shape index (κ1) is 18.9. The van der Waals surface area contributed by atoms with E-state index in [9.17, 15) is 22.8 Å². The molecule has 3 aliphatic carbocycles. The number of hydrogen-bond acceptors (Lipinski definition) is 3. The lowest BCUT2D eigenvalue weighted by Gasteiger charge is -2.70. The predicted octanol–water partition coefficient (Wildman–Crippen LogP) is 3.14. The Bertz CT molecular complexity index is 518. The van der Waals surface area contributed by atoms with Crippen LogP contribution < -0.4 is 10.6 Å². The summed E-state index contributed by atoms with van der Waals surface area (Å²) in [5.74, 6) is -0.687. The van der Waals surface area contributed by atoms with Crippen molar-refractivity contribution in [2.75, 3.05) is 0 Å². The molecule has 3 aliphatic rings. The van der Waals surface area contributed by atoms with Gasteiger partial charge in [0.15, 0.2) is 0 Å². The van der Waals surface area contributed by atoms with Crippen molar-refractivity contribution < 1.29 is 27.5 Å². The summed E-state index contributed by atoms with van der Waals surface area (Å²) in [6.45, 7) is 8.61. The van der Waals surface area contributed by atoms with Crippen LogP contribution in [0.4, 0.5) is 18.0 Å². The lowest BCUT2D eigenvalue weighted by molar-refractivity contribution is -0.337. The van der Waals surface area contributed by atoms with E-state index in [0.717, 1.165) is 0 Å². The molecule has 3 rings (SSSR count). The van der Waals surface area contributed by atoms with E-state index in [4.69, 9.17) is 4.74 Å². The van der Waals surface area contributed by atoms with Gasteiger partial charge >= 0.3 is 12.3 Å². The summed E-state index contributed by atoms with van der Waals surface area (Å²) in [5, 5.41) is 5.20. The van der Waals surface area contributed by atoms with Gasteiger partial charge in [-0.1, -0.05) is 13.8 Å². The fourth-order valence-corrected chi connectivity index (χ4v) is 3.53. The van der Waals surface area contributed by atoms with Crippen molar-refractivity contribution in [2.24, 2.45) is 11.3 Å². The fourth-order valence-electron chi connectivity index (χ4n) is 3.53. The van der Waals surface area contributed by atoms with Crippen molar-refractivity contribution in [3.8, 4) is 0 Å². The molecule has 0 saturated heterocycles. The van der Waals surface area contributed by atoms with Gasteiger partial charge in [-0.05, 0) is 46.0 Å². The number of nitrogens with one attached hydrogen (secondary N) is 2. The summed E-state index contributed by atoms with van der Waals surface area (Å²) >= 11 is 0. The average molecular weight is 350 g/mol. The standard InChI is InChI=1S/C16H25F3N2O3/c1-9(2)10(20-12(23)24-13(3,4)5)11(22)21-15-6-14(7-15,8-15)16(17,18)19/h9-10H,6-8H2,1-5H3,(H,20,23)(H,21,22)/t10-,14?,15?/m0/s1. The maximum Gasteiger partial charge on any atom is 0.408 e. The molecular weight excluding hydrogens is 325 g/mol. The topological polar surface area (TPSA) is 67.4 Å². The van der Waals surface area contributed by atoms with Crippen molar-refractivity contribution in [3.05, 3.63) is 0 Å². The van der Waals surface area contributed by atoms with E-state index in [1.54, 1.807) is 34.6 Å². The van der Waals surface area contributed by atoms with Crippen LogP contribution in [0.1, 0.15) is 53.9 Å². The summed E-state index contributed by atoms with van der Waals surface area (Å²) in [6.07, 6.45) is -5.17. The second-order valence-electron chi connectivity index (χ2n) is 8.45. The maximum absolute atomic E-state index is 12.9. The predicted molar refractivity (Wildman–Crippen MR) is 81.2 cm³/mol. The van der Waals surface area contributed by atoms with Crippen molar-refractivity contribution in [3.63, 3.8) is 0 Å². The van der Waals surface area contributed by atoms with E-state index in [1.807, 2.05) is 0 Å². The molecule has 8 heteroatoms. The third kappa shape index (κ3) is 3.47. The minimum absolute atomic E-state index is 0.0769. The van der Waals surface area contributed by atoms with Gasteiger partial charge in [0.1, 0.15) is 11.6 Å². The molecule has 0 spiro atoms. The highest BCUT2D eigenvalue weighted by Crippen LogP contribution is 2.73. The van der Waals surface area contributed by atoms with E-state index < -0.39 is 40.8 Å². The molecule has 0 heterocycles. The summed E-state index contributed by atoms with van der Waals surface area (Å²) in [4.78, 5) is 24.3. The summed E-state index contributed by atoms with van der Waals surface area (Å²) < 4.78 is 43.7. The van der Waals surface area contributed by atoms with E-state index >= 15 is 0 Å². The van der Waals surface area contributed by atoms with Crippen LogP contribution in [0, 0.1) is 11.3 Å². The first-order chi connectivity index (χ1) is 10.7. The number of amides is 2. The van der Waals surface area contributed by atoms with E-state index in [2.05, 4.69) is 10.6 Å². The Morgan fingerprint density at radius 3 is 1.96 bits per heavy atom. The Kier molecular flexibility index (Phi) is 4.34. The molecule has 3 fully saturated rings. The van der Waals surface area contributed by atoms with Crippen LogP contribution in [0.25, 0.3) is 0 Å². The van der Waals surface area contributed by atoms with Gasteiger partial charge in [-0.25, -0.2) is 4.79 Å². The molecule has 0 radical (unpaired) electrons. The third-order valence-electron chi connectivity index (χ3n) is 4.64. The van der Waals surface area contributed by atoms with Crippen LogP contribution in [0.3, 0.4) is 0 Å². The lowest BCUT2D eigenvalue weighted by atomic mass is 9.39. The van der Waals surface area contributed by atoms with Crippen LogP contribution in [-0.4, -0.2) is 35.4 Å². The molecule has 0 aromatic rings. The van der Waals surface area contributed by atoms with E-state index in [-0.39, 0.29) is 25.2 Å². The number of alkyl halides is 3. The second-order valence-corrected chi connectivity index (χ2v) is 8.45. The Morgan fingerprint density at radius 1 is 1.08 bits per heavy atom. The largest absolute Gasteiger partial charge is 0.444 e. The zero-order valence-corrected chi connectivity index (χ0v) is 14.6. The Morgan fingerprint density at radius 2 is 1.58 bits per heavy atom. The van der Waals surface area contributed by atoms with Crippen molar-refractivity contribution in [1.29, 1.82) is 0 Å². The molecule has 2 amide bonds. The highest BCUT2D eigenvalue weighted by Gasteiger charge is 2.79. The van der Waals surface area contributed by atoms with Gasteiger partial charge in [-0.2, -0.15) is 13.2 Å². The fraction of sp³-hybridized carbons (Fsp3) is 0.875. The lowest BCUT2D eigenvalue weighted by Crippen LogP contribution is -2.79. The first-order valence-corrected chi connectivity index (χ1v) is 8.07. The van der Waals surface area contributed by atoms with Crippen molar-refractivity contribution >= 4 is 12.0 Å². The van der Waals surface area contributed by atoms with Gasteiger partial charge in [0, 0.05) is 5.54 Å². The molecule has 0 aliphatic heterocycles. The van der Waals surface area contributed by atoms with Crippen LogP contribution in [0.2, 0.25) is 0 Å². The number of ether oxygens (including phenoxy) is 1. The van der Waals surface area contributed by atoms with Crippen molar-refractivity contribution in [1.82, 2.24) is 10.6 Å².